The third-order valence-electron chi connectivity index (χ3n) is 10.1. The normalized spacial score (nSPS) is 24.0. The minimum Gasteiger partial charge on any atom is -0.507 e. The fourth-order valence-electron chi connectivity index (χ4n) is 7.38. The van der Waals surface area contributed by atoms with Crippen molar-refractivity contribution in [2.24, 2.45) is 5.92 Å². The van der Waals surface area contributed by atoms with E-state index in [0.29, 0.717) is 18.0 Å². The van der Waals surface area contributed by atoms with Gasteiger partial charge in [-0.05, 0) is 87.5 Å². The van der Waals surface area contributed by atoms with Crippen LogP contribution in [0.15, 0.2) is 42.5 Å². The molecule has 0 spiro atoms. The molecule has 0 radical (unpaired) electrons. The molecular weight excluding hydrogens is 610 g/mol. The molecule has 4 amide bonds. The number of phenolic OH excluding ortho intramolecular Hbond substituents is 1. The Balaban J connectivity index is 1.43. The lowest BCUT2D eigenvalue weighted by atomic mass is 9.78. The Kier molecular flexibility index (Phi) is 11.3. The molecule has 3 aliphatic heterocycles. The molecule has 2 aromatic rings. The zero-order chi connectivity index (χ0) is 34.4. The fraction of sp³-hybridized carbons (Fsp3) is 0.568. The highest BCUT2D eigenvalue weighted by molar-refractivity contribution is 6.00. The number of rotatable bonds is 5. The molecule has 11 heteroatoms. The molecule has 4 N–H and O–H groups in total. The first-order valence-corrected chi connectivity index (χ1v) is 17.5. The van der Waals surface area contributed by atoms with Crippen molar-refractivity contribution in [3.05, 3.63) is 53.6 Å². The summed E-state index contributed by atoms with van der Waals surface area (Å²) in [6.07, 6.45) is 9.47. The van der Waals surface area contributed by atoms with Crippen molar-refractivity contribution >= 4 is 23.6 Å². The molecule has 48 heavy (non-hydrogen) atoms. The molecule has 11 nitrogen and oxygen atoms in total. The lowest BCUT2D eigenvalue weighted by Gasteiger charge is -2.50. The van der Waals surface area contributed by atoms with Crippen molar-refractivity contribution in [1.29, 1.82) is 0 Å². The molecule has 260 valence electrons. The lowest BCUT2D eigenvalue weighted by Crippen LogP contribution is -2.61. The predicted molar refractivity (Wildman–Crippen MR) is 183 cm³/mol. The fourth-order valence-corrected chi connectivity index (χ4v) is 7.38. The van der Waals surface area contributed by atoms with Gasteiger partial charge in [0.15, 0.2) is 0 Å². The monoisotopic (exact) mass is 661 g/mol. The number of carbonyl (C=O) groups is 4. The van der Waals surface area contributed by atoms with E-state index in [1.165, 1.54) is 37.8 Å². The zero-order valence-electron chi connectivity index (χ0n) is 28.7. The minimum atomic E-state index is -0.993. The van der Waals surface area contributed by atoms with Gasteiger partial charge in [-0.15, -0.1) is 0 Å². The van der Waals surface area contributed by atoms with E-state index in [1.807, 2.05) is 19.2 Å². The Labute approximate surface area is 283 Å². The van der Waals surface area contributed by atoms with Gasteiger partial charge >= 0.3 is 0 Å². The van der Waals surface area contributed by atoms with Gasteiger partial charge in [-0.2, -0.15) is 0 Å². The van der Waals surface area contributed by atoms with Gasteiger partial charge in [0.2, 0.25) is 17.7 Å². The topological polar surface area (TPSA) is 140 Å². The number of piperidine rings is 1. The molecule has 1 saturated heterocycles. The smallest absolute Gasteiger partial charge is 0.255 e. The van der Waals surface area contributed by atoms with E-state index in [9.17, 15) is 24.3 Å². The van der Waals surface area contributed by atoms with Gasteiger partial charge in [0, 0.05) is 25.6 Å². The van der Waals surface area contributed by atoms with Crippen LogP contribution >= 0.6 is 0 Å². The number of hydrogen-bond donors (Lipinski definition) is 4. The summed E-state index contributed by atoms with van der Waals surface area (Å²) in [4.78, 5) is 58.9. The first-order chi connectivity index (χ1) is 23.0. The van der Waals surface area contributed by atoms with Crippen LogP contribution in [0, 0.1) is 5.92 Å². The first-order valence-electron chi connectivity index (χ1n) is 17.5. The van der Waals surface area contributed by atoms with Gasteiger partial charge in [-0.25, -0.2) is 0 Å². The number of phenols is 1. The van der Waals surface area contributed by atoms with Crippen molar-refractivity contribution in [1.82, 2.24) is 25.8 Å². The van der Waals surface area contributed by atoms with Gasteiger partial charge in [0.1, 0.15) is 35.4 Å². The average Bonchev–Trinajstić information content (AvgIpc) is 3.08. The number of likely N-dealkylation sites (tertiary alicyclic amines) is 1. The van der Waals surface area contributed by atoms with Crippen LogP contribution in [-0.4, -0.2) is 88.9 Å². The van der Waals surface area contributed by atoms with E-state index in [2.05, 4.69) is 20.9 Å². The molecule has 0 aromatic heterocycles. The van der Waals surface area contributed by atoms with Crippen molar-refractivity contribution in [2.75, 3.05) is 26.7 Å². The number of amides is 4. The number of carbonyl (C=O) groups excluding carboxylic acids is 4. The Morgan fingerprint density at radius 2 is 1.56 bits per heavy atom. The van der Waals surface area contributed by atoms with Gasteiger partial charge in [-0.3, -0.25) is 24.1 Å². The average molecular weight is 662 g/mol. The molecule has 4 bridgehead atoms. The number of likely N-dealkylation sites (N-methyl/N-ethyl adjacent to an activating group) is 1. The van der Waals surface area contributed by atoms with Crippen LogP contribution in [0.3, 0.4) is 0 Å². The summed E-state index contributed by atoms with van der Waals surface area (Å²) in [5, 5.41) is 18.8. The highest BCUT2D eigenvalue weighted by Crippen LogP contribution is 2.36. The van der Waals surface area contributed by atoms with Crippen LogP contribution in [0.1, 0.15) is 88.1 Å². The summed E-state index contributed by atoms with van der Waals surface area (Å²) in [5.74, 6) is -1.65. The number of fused-ring (bicyclic) bond motifs is 11. The lowest BCUT2D eigenvalue weighted by molar-refractivity contribution is -0.138. The van der Waals surface area contributed by atoms with Crippen molar-refractivity contribution < 1.29 is 29.0 Å². The number of aromatic hydroxyl groups is 1. The second-order valence-electron chi connectivity index (χ2n) is 14.1. The summed E-state index contributed by atoms with van der Waals surface area (Å²) in [6, 6.07) is 8.70. The summed E-state index contributed by atoms with van der Waals surface area (Å²) >= 11 is 0. The number of nitrogens with zero attached hydrogens (tertiary/aromatic N) is 2. The Bertz CT molecular complexity index is 1470. The van der Waals surface area contributed by atoms with Crippen LogP contribution < -0.4 is 20.7 Å². The van der Waals surface area contributed by atoms with Crippen molar-refractivity contribution in [2.45, 2.75) is 102 Å². The van der Waals surface area contributed by atoms with Crippen LogP contribution in [0.4, 0.5) is 0 Å². The van der Waals surface area contributed by atoms with E-state index in [1.54, 1.807) is 43.9 Å². The molecule has 2 fully saturated rings. The number of ether oxygens (including phenoxy) is 1. The van der Waals surface area contributed by atoms with Gasteiger partial charge in [0.05, 0.1) is 5.56 Å². The minimum absolute atomic E-state index is 0.0461. The van der Waals surface area contributed by atoms with Gasteiger partial charge in [0.25, 0.3) is 5.91 Å². The van der Waals surface area contributed by atoms with Crippen LogP contribution in [0.2, 0.25) is 0 Å². The third-order valence-corrected chi connectivity index (χ3v) is 10.1. The molecule has 4 aliphatic rings. The van der Waals surface area contributed by atoms with Crippen LogP contribution in [0.5, 0.6) is 17.2 Å². The van der Waals surface area contributed by atoms with E-state index >= 15 is 0 Å². The standard InChI is InChI=1S/C37H51N5O6/c1-24(2)32-35(46)38-25(3)33(44)39-30(36(47)41(4)23-37(17-7-5-8-18-37)42-19-9-6-10-20-42)21-26-11-13-27(14-12-26)48-28-15-16-31(43)29(22-28)34(45)40-32/h11-16,22,24-25,30,32,43H,5-10,17-21,23H2,1-4H3,(H,38,46)(H,39,44)(H,40,45)/t25-,30-,32-/m0/s1. The van der Waals surface area contributed by atoms with E-state index in [4.69, 9.17) is 4.74 Å². The zero-order valence-corrected chi connectivity index (χ0v) is 28.7. The Morgan fingerprint density at radius 1 is 0.917 bits per heavy atom. The summed E-state index contributed by atoms with van der Waals surface area (Å²) in [6.45, 7) is 7.82. The third kappa shape index (κ3) is 8.29. The highest BCUT2D eigenvalue weighted by Gasteiger charge is 2.41. The summed E-state index contributed by atoms with van der Waals surface area (Å²) in [5.41, 5.74) is 0.712. The molecule has 0 unspecified atom stereocenters. The summed E-state index contributed by atoms with van der Waals surface area (Å²) < 4.78 is 5.99. The second-order valence-corrected chi connectivity index (χ2v) is 14.1. The largest absolute Gasteiger partial charge is 0.507 e. The predicted octanol–water partition coefficient (Wildman–Crippen LogP) is 4.13. The van der Waals surface area contributed by atoms with Crippen LogP contribution in [-0.2, 0) is 20.8 Å². The quantitative estimate of drug-likeness (QED) is 0.354. The van der Waals surface area contributed by atoms with Crippen LogP contribution in [0.25, 0.3) is 0 Å². The van der Waals surface area contributed by atoms with E-state index in [-0.39, 0.29) is 35.1 Å². The maximum absolute atomic E-state index is 14.3. The molecule has 1 aliphatic carbocycles. The maximum Gasteiger partial charge on any atom is 0.255 e. The molecule has 2 aromatic carbocycles. The molecule has 1 saturated carbocycles. The Morgan fingerprint density at radius 3 is 2.23 bits per heavy atom. The molecule has 3 atom stereocenters. The second kappa shape index (κ2) is 15.4. The molecule has 6 rings (SSSR count). The van der Waals surface area contributed by atoms with Crippen molar-refractivity contribution in [3.8, 4) is 17.2 Å². The number of hydrogen-bond acceptors (Lipinski definition) is 7. The van der Waals surface area contributed by atoms with Crippen molar-refractivity contribution in [3.63, 3.8) is 0 Å². The van der Waals surface area contributed by atoms with Gasteiger partial charge in [-0.1, -0.05) is 51.7 Å². The highest BCUT2D eigenvalue weighted by atomic mass is 16.5. The summed E-state index contributed by atoms with van der Waals surface area (Å²) in [7, 11) is 1.84. The van der Waals surface area contributed by atoms with E-state index < -0.39 is 35.8 Å². The SMILES string of the molecule is CC(C)[C@@H]1NC(=O)c2cc(ccc2O)Oc2ccc(cc2)C[C@@H](C(=O)N(C)CC2(N3CCCCC3)CCCCC2)NC(=O)[C@H](C)NC1=O. The molecular formula is C37H51N5O6. The maximum atomic E-state index is 14.3. The number of nitrogens with one attached hydrogen (secondary N) is 3. The molecule has 3 heterocycles. The van der Waals surface area contributed by atoms with Gasteiger partial charge < -0.3 is 30.7 Å². The number of benzene rings is 2. The van der Waals surface area contributed by atoms with E-state index in [0.717, 1.165) is 44.3 Å². The Hall–Kier alpha value is -4.12. The first kappa shape index (κ1) is 35.2.